The van der Waals surface area contributed by atoms with E-state index in [1.165, 1.54) is 0 Å². The lowest BCUT2D eigenvalue weighted by molar-refractivity contribution is 0.102. The van der Waals surface area contributed by atoms with Gasteiger partial charge in [0.05, 0.1) is 12.8 Å². The van der Waals surface area contributed by atoms with Crippen LogP contribution >= 0.6 is 0 Å². The number of rotatable bonds is 3. The summed E-state index contributed by atoms with van der Waals surface area (Å²) in [6, 6.07) is 11.1. The molecule has 0 aliphatic rings. The molecule has 0 aliphatic heterocycles. The Kier molecular flexibility index (Phi) is 4.26. The van der Waals surface area contributed by atoms with Crippen LogP contribution in [0.25, 0.3) is 0 Å². The second-order valence-corrected chi connectivity index (χ2v) is 5.83. The Morgan fingerprint density at radius 1 is 1.19 bits per heavy atom. The third kappa shape index (κ3) is 3.60. The van der Waals surface area contributed by atoms with E-state index in [9.17, 15) is 4.79 Å². The van der Waals surface area contributed by atoms with Crippen LogP contribution in [-0.4, -0.2) is 18.0 Å². The number of hydrogen-bond donors (Lipinski definition) is 1. The Hall–Kier alpha value is -2.36. The van der Waals surface area contributed by atoms with Crippen LogP contribution in [0.15, 0.2) is 42.6 Å². The van der Waals surface area contributed by atoms with Crippen molar-refractivity contribution in [2.75, 3.05) is 12.4 Å². The number of carbonyl (C=O) groups excluding carboxylic acids is 1. The fourth-order valence-corrected chi connectivity index (χ4v) is 1.96. The van der Waals surface area contributed by atoms with Crippen molar-refractivity contribution in [3.8, 4) is 5.75 Å². The summed E-state index contributed by atoms with van der Waals surface area (Å²) in [4.78, 5) is 16.3. The minimum Gasteiger partial charge on any atom is -0.495 e. The molecule has 21 heavy (non-hydrogen) atoms. The molecule has 1 amide bonds. The van der Waals surface area contributed by atoms with Crippen molar-refractivity contribution in [1.82, 2.24) is 4.98 Å². The quantitative estimate of drug-likeness (QED) is 0.936. The predicted octanol–water partition coefficient (Wildman–Crippen LogP) is 3.64. The third-order valence-electron chi connectivity index (χ3n) is 3.21. The van der Waals surface area contributed by atoms with Gasteiger partial charge in [-0.3, -0.25) is 9.78 Å². The van der Waals surface area contributed by atoms with E-state index in [4.69, 9.17) is 4.74 Å². The molecule has 0 spiro atoms. The van der Waals surface area contributed by atoms with Crippen molar-refractivity contribution >= 4 is 11.6 Å². The van der Waals surface area contributed by atoms with Crippen molar-refractivity contribution < 1.29 is 9.53 Å². The fourth-order valence-electron chi connectivity index (χ4n) is 1.96. The standard InChI is InChI=1S/C17H20N2O2/c1-17(2,3)12-8-9-15(21-4)14(11-12)19-16(20)13-7-5-6-10-18-13/h5-11H,1-4H3,(H,19,20). The number of ether oxygens (including phenoxy) is 1. The molecular formula is C17H20N2O2. The summed E-state index contributed by atoms with van der Waals surface area (Å²) in [6.07, 6.45) is 1.59. The number of methoxy groups -OCH3 is 1. The zero-order valence-corrected chi connectivity index (χ0v) is 12.8. The summed E-state index contributed by atoms with van der Waals surface area (Å²) in [6.45, 7) is 6.37. The van der Waals surface area contributed by atoms with Crippen LogP contribution in [-0.2, 0) is 5.41 Å². The van der Waals surface area contributed by atoms with Crippen LogP contribution in [0.5, 0.6) is 5.75 Å². The van der Waals surface area contributed by atoms with Gasteiger partial charge in [-0.2, -0.15) is 0 Å². The van der Waals surface area contributed by atoms with E-state index in [-0.39, 0.29) is 11.3 Å². The van der Waals surface area contributed by atoms with Gasteiger partial charge >= 0.3 is 0 Å². The number of aromatic nitrogens is 1. The van der Waals surface area contributed by atoms with Crippen LogP contribution in [0.1, 0.15) is 36.8 Å². The van der Waals surface area contributed by atoms with Gasteiger partial charge in [-0.15, -0.1) is 0 Å². The predicted molar refractivity (Wildman–Crippen MR) is 83.9 cm³/mol. The van der Waals surface area contributed by atoms with Gasteiger partial charge in [-0.25, -0.2) is 0 Å². The van der Waals surface area contributed by atoms with E-state index < -0.39 is 0 Å². The molecule has 110 valence electrons. The third-order valence-corrected chi connectivity index (χ3v) is 3.21. The molecule has 0 atom stereocenters. The van der Waals surface area contributed by atoms with Crippen LogP contribution in [0.3, 0.4) is 0 Å². The number of carbonyl (C=O) groups is 1. The minimum atomic E-state index is -0.250. The molecule has 0 aliphatic carbocycles. The van der Waals surface area contributed by atoms with Crippen LogP contribution in [0, 0.1) is 0 Å². The molecule has 2 rings (SSSR count). The van der Waals surface area contributed by atoms with Gasteiger partial charge < -0.3 is 10.1 Å². The van der Waals surface area contributed by atoms with E-state index in [2.05, 4.69) is 31.1 Å². The highest BCUT2D eigenvalue weighted by atomic mass is 16.5. The van der Waals surface area contributed by atoms with E-state index in [0.29, 0.717) is 17.1 Å². The molecule has 1 heterocycles. The molecule has 0 fully saturated rings. The van der Waals surface area contributed by atoms with Gasteiger partial charge in [0.2, 0.25) is 0 Å². The van der Waals surface area contributed by atoms with E-state index in [1.54, 1.807) is 31.5 Å². The number of benzene rings is 1. The highest BCUT2D eigenvalue weighted by Gasteiger charge is 2.17. The Bertz CT molecular complexity index is 631. The van der Waals surface area contributed by atoms with Crippen LogP contribution in [0.2, 0.25) is 0 Å². The van der Waals surface area contributed by atoms with Gasteiger partial charge in [0.25, 0.3) is 5.91 Å². The molecule has 1 aromatic carbocycles. The van der Waals surface area contributed by atoms with E-state index in [1.807, 2.05) is 18.2 Å². The average molecular weight is 284 g/mol. The number of hydrogen-bond acceptors (Lipinski definition) is 3. The Balaban J connectivity index is 2.32. The zero-order chi connectivity index (χ0) is 15.5. The monoisotopic (exact) mass is 284 g/mol. The number of nitrogens with zero attached hydrogens (tertiary/aromatic N) is 1. The number of amides is 1. The molecule has 4 heteroatoms. The maximum atomic E-state index is 12.2. The maximum absolute atomic E-state index is 12.2. The SMILES string of the molecule is COc1ccc(C(C)(C)C)cc1NC(=O)c1ccccn1. The molecule has 2 aromatic rings. The summed E-state index contributed by atoms with van der Waals surface area (Å²) in [5.41, 5.74) is 2.15. The molecular weight excluding hydrogens is 264 g/mol. The van der Waals surface area contributed by atoms with Gasteiger partial charge in [0.1, 0.15) is 11.4 Å². The summed E-state index contributed by atoms with van der Waals surface area (Å²) in [7, 11) is 1.59. The molecule has 0 unspecified atom stereocenters. The summed E-state index contributed by atoms with van der Waals surface area (Å²) < 4.78 is 5.31. The minimum absolute atomic E-state index is 0.00323. The number of nitrogens with one attached hydrogen (secondary N) is 1. The van der Waals surface area contributed by atoms with E-state index >= 15 is 0 Å². The first-order chi connectivity index (χ1) is 9.91. The van der Waals surface area contributed by atoms with Crippen molar-refractivity contribution in [3.05, 3.63) is 53.9 Å². The summed E-state index contributed by atoms with van der Waals surface area (Å²) in [5.74, 6) is 0.382. The summed E-state index contributed by atoms with van der Waals surface area (Å²) >= 11 is 0. The molecule has 1 N–H and O–H groups in total. The molecule has 0 radical (unpaired) electrons. The first kappa shape index (κ1) is 15.0. The summed E-state index contributed by atoms with van der Waals surface area (Å²) in [5, 5.41) is 2.86. The number of pyridine rings is 1. The highest BCUT2D eigenvalue weighted by Crippen LogP contribution is 2.31. The van der Waals surface area contributed by atoms with Crippen LogP contribution in [0.4, 0.5) is 5.69 Å². The molecule has 0 saturated heterocycles. The first-order valence-electron chi connectivity index (χ1n) is 6.83. The second-order valence-electron chi connectivity index (χ2n) is 5.83. The Morgan fingerprint density at radius 2 is 1.95 bits per heavy atom. The Labute approximate surface area is 125 Å². The van der Waals surface area contributed by atoms with Crippen molar-refractivity contribution in [2.45, 2.75) is 26.2 Å². The van der Waals surface area contributed by atoms with E-state index in [0.717, 1.165) is 5.56 Å². The lowest BCUT2D eigenvalue weighted by Crippen LogP contribution is -2.16. The average Bonchev–Trinajstić information content (AvgIpc) is 2.47. The molecule has 1 aromatic heterocycles. The largest absolute Gasteiger partial charge is 0.495 e. The van der Waals surface area contributed by atoms with Gasteiger partial charge in [-0.1, -0.05) is 32.9 Å². The molecule has 4 nitrogen and oxygen atoms in total. The maximum Gasteiger partial charge on any atom is 0.274 e. The van der Waals surface area contributed by atoms with Gasteiger partial charge in [0, 0.05) is 6.20 Å². The number of anilines is 1. The first-order valence-corrected chi connectivity index (χ1v) is 6.83. The molecule has 0 saturated carbocycles. The Morgan fingerprint density at radius 3 is 2.52 bits per heavy atom. The topological polar surface area (TPSA) is 51.2 Å². The lowest BCUT2D eigenvalue weighted by Gasteiger charge is -2.21. The fraction of sp³-hybridized carbons (Fsp3) is 0.294. The van der Waals surface area contributed by atoms with Crippen molar-refractivity contribution in [3.63, 3.8) is 0 Å². The lowest BCUT2D eigenvalue weighted by atomic mass is 9.87. The normalized spacial score (nSPS) is 11.0. The molecule has 0 bridgehead atoms. The van der Waals surface area contributed by atoms with Crippen molar-refractivity contribution in [2.24, 2.45) is 0 Å². The van der Waals surface area contributed by atoms with Gasteiger partial charge in [-0.05, 0) is 35.2 Å². The van der Waals surface area contributed by atoms with Gasteiger partial charge in [0.15, 0.2) is 0 Å². The second kappa shape index (κ2) is 5.95. The van der Waals surface area contributed by atoms with Crippen molar-refractivity contribution in [1.29, 1.82) is 0 Å². The smallest absolute Gasteiger partial charge is 0.274 e. The highest BCUT2D eigenvalue weighted by molar-refractivity contribution is 6.03. The zero-order valence-electron chi connectivity index (χ0n) is 12.8. The van der Waals surface area contributed by atoms with Crippen LogP contribution < -0.4 is 10.1 Å².